The first-order chi connectivity index (χ1) is 9.70. The molecule has 20 heavy (non-hydrogen) atoms. The lowest BCUT2D eigenvalue weighted by Gasteiger charge is -2.22. The van der Waals surface area contributed by atoms with Gasteiger partial charge in [-0.05, 0) is 37.3 Å². The molecule has 2 N–H and O–H groups in total. The number of thiophene rings is 1. The minimum atomic E-state index is -0.399. The molecule has 0 spiro atoms. The van der Waals surface area contributed by atoms with Crippen LogP contribution in [0.25, 0.3) is 0 Å². The molecule has 0 bridgehead atoms. The zero-order chi connectivity index (χ0) is 14.4. The van der Waals surface area contributed by atoms with Gasteiger partial charge in [0.15, 0.2) is 0 Å². The van der Waals surface area contributed by atoms with E-state index < -0.39 is 6.03 Å². The second kappa shape index (κ2) is 7.40. The van der Waals surface area contributed by atoms with E-state index in [1.54, 1.807) is 11.3 Å². The highest BCUT2D eigenvalue weighted by atomic mass is 32.1. The number of likely N-dealkylation sites (tertiary alicyclic amines) is 1. The van der Waals surface area contributed by atoms with Gasteiger partial charge in [0.05, 0.1) is 6.54 Å². The molecule has 1 saturated heterocycles. The molecule has 1 unspecified atom stereocenters. The van der Waals surface area contributed by atoms with E-state index in [4.69, 9.17) is 0 Å². The van der Waals surface area contributed by atoms with E-state index in [0.29, 0.717) is 12.6 Å². The van der Waals surface area contributed by atoms with E-state index in [1.165, 1.54) is 4.88 Å². The van der Waals surface area contributed by atoms with Crippen LogP contribution in [-0.4, -0.2) is 36.5 Å². The number of nitrogens with one attached hydrogen (secondary N) is 2. The fourth-order valence-electron chi connectivity index (χ4n) is 2.45. The number of hydrogen-bond donors (Lipinski definition) is 2. The molecule has 0 aromatic carbocycles. The molecule has 2 rings (SSSR count). The summed E-state index contributed by atoms with van der Waals surface area (Å²) in [5.41, 5.74) is 0. The van der Waals surface area contributed by atoms with E-state index >= 15 is 0 Å². The van der Waals surface area contributed by atoms with Crippen LogP contribution in [0.15, 0.2) is 17.5 Å². The number of carbonyl (C=O) groups is 2. The van der Waals surface area contributed by atoms with Gasteiger partial charge in [-0.3, -0.25) is 15.0 Å². The van der Waals surface area contributed by atoms with Crippen molar-refractivity contribution in [1.29, 1.82) is 0 Å². The summed E-state index contributed by atoms with van der Waals surface area (Å²) in [7, 11) is 0. The summed E-state index contributed by atoms with van der Waals surface area (Å²) in [4.78, 5) is 26.8. The Hall–Kier alpha value is -1.40. The smallest absolute Gasteiger partial charge is 0.321 e. The van der Waals surface area contributed by atoms with Crippen LogP contribution in [0.1, 0.15) is 37.1 Å². The fraction of sp³-hybridized carbons (Fsp3) is 0.571. The normalized spacial score (nSPS) is 18.9. The predicted molar refractivity (Wildman–Crippen MR) is 79.7 cm³/mol. The quantitative estimate of drug-likeness (QED) is 0.874. The Morgan fingerprint density at radius 3 is 3.05 bits per heavy atom. The SMILES string of the molecule is CCCNC(=O)NC(=O)CN1CCCC1c1cccs1. The molecule has 0 radical (unpaired) electrons. The number of urea groups is 1. The lowest BCUT2D eigenvalue weighted by atomic mass is 10.2. The number of imide groups is 1. The molecule has 2 heterocycles. The van der Waals surface area contributed by atoms with Crippen LogP contribution < -0.4 is 10.6 Å². The third kappa shape index (κ3) is 4.05. The second-order valence-electron chi connectivity index (χ2n) is 4.95. The Balaban J connectivity index is 1.83. The molecule has 1 aromatic rings. The van der Waals surface area contributed by atoms with Crippen molar-refractivity contribution in [1.82, 2.24) is 15.5 Å². The van der Waals surface area contributed by atoms with Crippen molar-refractivity contribution in [2.45, 2.75) is 32.2 Å². The summed E-state index contributed by atoms with van der Waals surface area (Å²) in [6, 6.07) is 4.07. The topological polar surface area (TPSA) is 61.4 Å². The number of nitrogens with zero attached hydrogens (tertiary/aromatic N) is 1. The minimum absolute atomic E-state index is 0.234. The van der Waals surface area contributed by atoms with Gasteiger partial charge in [-0.1, -0.05) is 13.0 Å². The van der Waals surface area contributed by atoms with Crippen LogP contribution >= 0.6 is 11.3 Å². The third-order valence-electron chi connectivity index (χ3n) is 3.37. The predicted octanol–water partition coefficient (Wildman–Crippen LogP) is 2.12. The average Bonchev–Trinajstić information content (AvgIpc) is 3.06. The van der Waals surface area contributed by atoms with Crippen molar-refractivity contribution in [3.05, 3.63) is 22.4 Å². The Labute approximate surface area is 123 Å². The van der Waals surface area contributed by atoms with Crippen LogP contribution in [-0.2, 0) is 4.79 Å². The molecular weight excluding hydrogens is 274 g/mol. The minimum Gasteiger partial charge on any atom is -0.338 e. The summed E-state index contributed by atoms with van der Waals surface area (Å²) >= 11 is 1.72. The van der Waals surface area contributed by atoms with Gasteiger partial charge < -0.3 is 5.32 Å². The molecule has 1 atom stereocenters. The zero-order valence-corrected chi connectivity index (χ0v) is 12.5. The first-order valence-corrected chi connectivity index (χ1v) is 7.93. The van der Waals surface area contributed by atoms with E-state index in [-0.39, 0.29) is 12.5 Å². The van der Waals surface area contributed by atoms with Crippen LogP contribution in [0.2, 0.25) is 0 Å². The largest absolute Gasteiger partial charge is 0.338 e. The molecule has 110 valence electrons. The van der Waals surface area contributed by atoms with Gasteiger partial charge in [-0.15, -0.1) is 11.3 Å². The standard InChI is InChI=1S/C14H21N3O2S/c1-2-7-15-14(19)16-13(18)10-17-8-3-5-11(17)12-6-4-9-20-12/h4,6,9,11H,2-3,5,7-8,10H2,1H3,(H2,15,16,18,19). The van der Waals surface area contributed by atoms with E-state index in [2.05, 4.69) is 27.0 Å². The van der Waals surface area contributed by atoms with Gasteiger partial charge in [0, 0.05) is 17.5 Å². The molecule has 1 aromatic heterocycles. The Bertz CT molecular complexity index is 447. The van der Waals surface area contributed by atoms with Gasteiger partial charge in [-0.25, -0.2) is 4.79 Å². The lowest BCUT2D eigenvalue weighted by molar-refractivity contribution is -0.121. The Morgan fingerprint density at radius 2 is 2.35 bits per heavy atom. The van der Waals surface area contributed by atoms with E-state index in [1.807, 2.05) is 13.0 Å². The van der Waals surface area contributed by atoms with Gasteiger partial charge in [0.25, 0.3) is 0 Å². The monoisotopic (exact) mass is 295 g/mol. The number of rotatable bonds is 5. The first-order valence-electron chi connectivity index (χ1n) is 7.06. The van der Waals surface area contributed by atoms with Crippen molar-refractivity contribution in [3.8, 4) is 0 Å². The van der Waals surface area contributed by atoms with E-state index in [9.17, 15) is 9.59 Å². The maximum atomic E-state index is 11.9. The van der Waals surface area contributed by atoms with Crippen LogP contribution in [0, 0.1) is 0 Å². The third-order valence-corrected chi connectivity index (χ3v) is 4.34. The highest BCUT2D eigenvalue weighted by Crippen LogP contribution is 2.33. The van der Waals surface area contributed by atoms with Crippen LogP contribution in [0.3, 0.4) is 0 Å². The summed E-state index contributed by atoms with van der Waals surface area (Å²) in [6.45, 7) is 3.74. The molecule has 5 nitrogen and oxygen atoms in total. The van der Waals surface area contributed by atoms with Crippen molar-refractivity contribution in [2.24, 2.45) is 0 Å². The lowest BCUT2D eigenvalue weighted by Crippen LogP contribution is -2.44. The summed E-state index contributed by atoms with van der Waals surface area (Å²) in [6.07, 6.45) is 3.03. The number of carbonyl (C=O) groups excluding carboxylic acids is 2. The summed E-state index contributed by atoms with van der Waals surface area (Å²) in [5, 5.41) is 7.08. The zero-order valence-electron chi connectivity index (χ0n) is 11.7. The average molecular weight is 295 g/mol. The van der Waals surface area contributed by atoms with Crippen molar-refractivity contribution >= 4 is 23.3 Å². The van der Waals surface area contributed by atoms with Gasteiger partial charge in [0.2, 0.25) is 5.91 Å². The number of hydrogen-bond acceptors (Lipinski definition) is 4. The summed E-state index contributed by atoms with van der Waals surface area (Å²) in [5.74, 6) is -0.234. The highest BCUT2D eigenvalue weighted by molar-refractivity contribution is 7.10. The second-order valence-corrected chi connectivity index (χ2v) is 5.93. The molecule has 1 aliphatic heterocycles. The maximum Gasteiger partial charge on any atom is 0.321 e. The highest BCUT2D eigenvalue weighted by Gasteiger charge is 2.28. The Morgan fingerprint density at radius 1 is 1.50 bits per heavy atom. The van der Waals surface area contributed by atoms with Crippen molar-refractivity contribution in [2.75, 3.05) is 19.6 Å². The molecule has 0 aliphatic carbocycles. The molecule has 1 fully saturated rings. The first kappa shape index (κ1) is 15.0. The van der Waals surface area contributed by atoms with Crippen LogP contribution in [0.4, 0.5) is 4.79 Å². The van der Waals surface area contributed by atoms with E-state index in [0.717, 1.165) is 25.8 Å². The molecule has 3 amide bonds. The van der Waals surface area contributed by atoms with Crippen LogP contribution in [0.5, 0.6) is 0 Å². The van der Waals surface area contributed by atoms with Crippen molar-refractivity contribution in [3.63, 3.8) is 0 Å². The Kier molecular flexibility index (Phi) is 5.55. The molecule has 0 saturated carbocycles. The molecule has 6 heteroatoms. The molecule has 1 aliphatic rings. The van der Waals surface area contributed by atoms with Gasteiger partial charge >= 0.3 is 6.03 Å². The summed E-state index contributed by atoms with van der Waals surface area (Å²) < 4.78 is 0. The number of amides is 3. The van der Waals surface area contributed by atoms with Gasteiger partial charge in [0.1, 0.15) is 0 Å². The maximum absolute atomic E-state index is 11.9. The fourth-order valence-corrected chi connectivity index (χ4v) is 3.35. The van der Waals surface area contributed by atoms with Crippen molar-refractivity contribution < 1.29 is 9.59 Å². The molecular formula is C14H21N3O2S. The van der Waals surface area contributed by atoms with Gasteiger partial charge in [-0.2, -0.15) is 0 Å².